The molecule has 8 nitrogen and oxygen atoms in total. The van der Waals surface area contributed by atoms with Gasteiger partial charge >= 0.3 is 6.03 Å². The first-order valence-electron chi connectivity index (χ1n) is 8.20. The highest BCUT2D eigenvalue weighted by Gasteiger charge is 2.26. The van der Waals surface area contributed by atoms with Gasteiger partial charge in [0, 0.05) is 26.2 Å². The van der Waals surface area contributed by atoms with Crippen molar-refractivity contribution in [1.29, 1.82) is 0 Å². The van der Waals surface area contributed by atoms with Crippen molar-refractivity contribution in [3.63, 3.8) is 0 Å². The summed E-state index contributed by atoms with van der Waals surface area (Å²) in [5.41, 5.74) is 5.37. The van der Waals surface area contributed by atoms with Crippen LogP contribution in [0.3, 0.4) is 0 Å². The first kappa shape index (κ1) is 22.6. The molecule has 1 fully saturated rings. The van der Waals surface area contributed by atoms with Crippen molar-refractivity contribution in [1.82, 2.24) is 20.9 Å². The summed E-state index contributed by atoms with van der Waals surface area (Å²) < 4.78 is 0. The van der Waals surface area contributed by atoms with E-state index in [0.717, 1.165) is 19.4 Å². The van der Waals surface area contributed by atoms with Crippen molar-refractivity contribution < 1.29 is 14.4 Å². The summed E-state index contributed by atoms with van der Waals surface area (Å²) in [5.74, 6) is -0.173. The molecule has 24 heavy (non-hydrogen) atoms. The second kappa shape index (κ2) is 12.0. The highest BCUT2D eigenvalue weighted by molar-refractivity contribution is 5.95. The number of hydrogen-bond acceptors (Lipinski definition) is 5. The van der Waals surface area contributed by atoms with Gasteiger partial charge in [0.1, 0.15) is 0 Å². The molecule has 1 unspecified atom stereocenters. The molecule has 1 aliphatic rings. The number of hydrogen-bond donors (Lipinski definition) is 4. The molecule has 1 saturated heterocycles. The lowest BCUT2D eigenvalue weighted by atomic mass is 9.97. The Morgan fingerprint density at radius 2 is 1.96 bits per heavy atom. The van der Waals surface area contributed by atoms with Gasteiger partial charge in [-0.3, -0.25) is 19.8 Å². The Balaban J connectivity index is 0.00000529. The molecule has 0 spiro atoms. The summed E-state index contributed by atoms with van der Waals surface area (Å²) in [6.45, 7) is 6.75. The molecule has 0 aromatic carbocycles. The monoisotopic (exact) mass is 363 g/mol. The van der Waals surface area contributed by atoms with Crippen molar-refractivity contribution in [3.8, 4) is 0 Å². The van der Waals surface area contributed by atoms with Crippen LogP contribution in [-0.4, -0.2) is 62.0 Å². The molecule has 0 bridgehead atoms. The third-order valence-electron chi connectivity index (χ3n) is 3.61. The lowest BCUT2D eigenvalue weighted by Crippen LogP contribution is -2.49. The van der Waals surface area contributed by atoms with Gasteiger partial charge in [0.05, 0.1) is 12.5 Å². The van der Waals surface area contributed by atoms with E-state index in [1.54, 1.807) is 0 Å². The van der Waals surface area contributed by atoms with Crippen LogP contribution in [-0.2, 0) is 9.59 Å². The molecule has 140 valence electrons. The number of carbonyl (C=O) groups excluding carboxylic acids is 3. The number of piperidine rings is 1. The Kier molecular flexibility index (Phi) is 11.4. The van der Waals surface area contributed by atoms with E-state index < -0.39 is 6.03 Å². The van der Waals surface area contributed by atoms with E-state index in [1.807, 2.05) is 18.7 Å². The van der Waals surface area contributed by atoms with Gasteiger partial charge in [0.2, 0.25) is 11.8 Å². The molecular formula is C15H30ClN5O3. The van der Waals surface area contributed by atoms with Gasteiger partial charge < -0.3 is 16.4 Å². The van der Waals surface area contributed by atoms with Gasteiger partial charge in [-0.1, -0.05) is 13.8 Å². The molecule has 1 aliphatic heterocycles. The van der Waals surface area contributed by atoms with E-state index in [0.29, 0.717) is 32.1 Å². The topological polar surface area (TPSA) is 117 Å². The first-order valence-corrected chi connectivity index (χ1v) is 8.20. The van der Waals surface area contributed by atoms with E-state index in [-0.39, 0.29) is 36.7 Å². The second-order valence-electron chi connectivity index (χ2n) is 6.31. The number of nitrogens with two attached hydrogens (primary N) is 1. The Morgan fingerprint density at radius 1 is 1.25 bits per heavy atom. The maximum Gasteiger partial charge on any atom is 0.321 e. The quantitative estimate of drug-likeness (QED) is 0.494. The SMILES string of the molecule is CC(C)CNC(=O)NC(=O)CN1CCCC(C(=O)NCCN)C1.Cl. The van der Waals surface area contributed by atoms with E-state index in [4.69, 9.17) is 5.73 Å². The number of amides is 4. The fourth-order valence-electron chi connectivity index (χ4n) is 2.46. The lowest BCUT2D eigenvalue weighted by Gasteiger charge is -2.31. The zero-order valence-corrected chi connectivity index (χ0v) is 15.3. The van der Waals surface area contributed by atoms with Gasteiger partial charge in [-0.15, -0.1) is 12.4 Å². The van der Waals surface area contributed by atoms with Gasteiger partial charge in [0.25, 0.3) is 0 Å². The summed E-state index contributed by atoms with van der Waals surface area (Å²) in [6, 6.07) is -0.474. The van der Waals surface area contributed by atoms with Crippen LogP contribution in [0.5, 0.6) is 0 Å². The molecule has 0 aromatic heterocycles. The predicted molar refractivity (Wildman–Crippen MR) is 94.9 cm³/mol. The van der Waals surface area contributed by atoms with Crippen LogP contribution >= 0.6 is 12.4 Å². The number of rotatable bonds is 7. The van der Waals surface area contributed by atoms with Crippen LogP contribution in [0, 0.1) is 11.8 Å². The van der Waals surface area contributed by atoms with E-state index in [9.17, 15) is 14.4 Å². The fourth-order valence-corrected chi connectivity index (χ4v) is 2.46. The zero-order chi connectivity index (χ0) is 17.2. The first-order chi connectivity index (χ1) is 10.9. The minimum atomic E-state index is -0.474. The lowest BCUT2D eigenvalue weighted by molar-refractivity contribution is -0.128. The maximum atomic E-state index is 12.0. The summed E-state index contributed by atoms with van der Waals surface area (Å²) >= 11 is 0. The molecule has 1 rings (SSSR count). The Labute approximate surface area is 149 Å². The minimum absolute atomic E-state index is 0. The zero-order valence-electron chi connectivity index (χ0n) is 14.5. The Morgan fingerprint density at radius 3 is 2.58 bits per heavy atom. The average Bonchev–Trinajstić information content (AvgIpc) is 2.50. The standard InChI is InChI=1S/C15H29N5O3.ClH/c1-11(2)8-18-15(23)19-13(21)10-20-7-3-4-12(9-20)14(22)17-6-5-16;/h11-12H,3-10,16H2,1-2H3,(H,17,22)(H2,18,19,21,23);1H. The number of halogens is 1. The van der Waals surface area contributed by atoms with Crippen LogP contribution in [0.1, 0.15) is 26.7 Å². The number of nitrogens with zero attached hydrogens (tertiary/aromatic N) is 1. The molecule has 9 heteroatoms. The molecule has 1 atom stereocenters. The normalized spacial score (nSPS) is 17.8. The molecule has 0 aromatic rings. The number of carbonyl (C=O) groups is 3. The second-order valence-corrected chi connectivity index (χ2v) is 6.31. The number of imide groups is 1. The molecule has 5 N–H and O–H groups in total. The molecule has 0 aliphatic carbocycles. The van der Waals surface area contributed by atoms with Crippen LogP contribution in [0.25, 0.3) is 0 Å². The van der Waals surface area contributed by atoms with Gasteiger partial charge in [-0.25, -0.2) is 4.79 Å². The maximum absolute atomic E-state index is 12.0. The molecule has 0 radical (unpaired) electrons. The summed E-state index contributed by atoms with van der Waals surface area (Å²) in [7, 11) is 0. The Bertz CT molecular complexity index is 420. The third kappa shape index (κ3) is 9.05. The van der Waals surface area contributed by atoms with Crippen molar-refractivity contribution in [2.45, 2.75) is 26.7 Å². The summed E-state index contributed by atoms with van der Waals surface area (Å²) in [4.78, 5) is 37.3. The van der Waals surface area contributed by atoms with Gasteiger partial charge in [0.15, 0.2) is 0 Å². The van der Waals surface area contributed by atoms with Crippen LogP contribution in [0.15, 0.2) is 0 Å². The number of likely N-dealkylation sites (tertiary alicyclic amines) is 1. The fraction of sp³-hybridized carbons (Fsp3) is 0.800. The smallest absolute Gasteiger partial charge is 0.321 e. The summed E-state index contributed by atoms with van der Waals surface area (Å²) in [6.07, 6.45) is 1.66. The van der Waals surface area contributed by atoms with E-state index in [1.165, 1.54) is 0 Å². The summed E-state index contributed by atoms with van der Waals surface area (Å²) in [5, 5.41) is 7.73. The minimum Gasteiger partial charge on any atom is -0.355 e. The van der Waals surface area contributed by atoms with Crippen LogP contribution in [0.4, 0.5) is 4.79 Å². The van der Waals surface area contributed by atoms with Crippen molar-refractivity contribution in [2.24, 2.45) is 17.6 Å². The molecule has 4 amide bonds. The van der Waals surface area contributed by atoms with Gasteiger partial charge in [-0.05, 0) is 25.3 Å². The largest absolute Gasteiger partial charge is 0.355 e. The third-order valence-corrected chi connectivity index (χ3v) is 3.61. The number of nitrogens with one attached hydrogen (secondary N) is 3. The van der Waals surface area contributed by atoms with Crippen molar-refractivity contribution >= 4 is 30.3 Å². The highest BCUT2D eigenvalue weighted by atomic mass is 35.5. The molecule has 0 saturated carbocycles. The van der Waals surface area contributed by atoms with E-state index >= 15 is 0 Å². The van der Waals surface area contributed by atoms with E-state index in [2.05, 4.69) is 16.0 Å². The predicted octanol–water partition coefficient (Wildman–Crippen LogP) is -0.323. The number of urea groups is 1. The molecule has 1 heterocycles. The molecular weight excluding hydrogens is 334 g/mol. The van der Waals surface area contributed by atoms with Gasteiger partial charge in [-0.2, -0.15) is 0 Å². The van der Waals surface area contributed by atoms with Crippen molar-refractivity contribution in [2.75, 3.05) is 39.3 Å². The van der Waals surface area contributed by atoms with Crippen molar-refractivity contribution in [3.05, 3.63) is 0 Å². The highest BCUT2D eigenvalue weighted by Crippen LogP contribution is 2.16. The van der Waals surface area contributed by atoms with Crippen LogP contribution in [0.2, 0.25) is 0 Å². The Hall–Kier alpha value is -1.38. The average molecular weight is 364 g/mol. The van der Waals surface area contributed by atoms with Crippen LogP contribution < -0.4 is 21.7 Å².